The summed E-state index contributed by atoms with van der Waals surface area (Å²) in [5.41, 5.74) is 0.397. The zero-order chi connectivity index (χ0) is 12.3. The minimum atomic E-state index is -3.85. The molecule has 0 aliphatic rings. The number of benzene rings is 1. The van der Waals surface area contributed by atoms with Gasteiger partial charge in [0.25, 0.3) is 0 Å². The summed E-state index contributed by atoms with van der Waals surface area (Å²) in [6.07, 6.45) is 1.09. The molecule has 0 radical (unpaired) electrons. The number of sulfonamides is 1. The van der Waals surface area contributed by atoms with Crippen LogP contribution in [0.25, 0.3) is 0 Å². The molecule has 0 aliphatic carbocycles. The minimum absolute atomic E-state index is 0.158. The fourth-order valence-electron chi connectivity index (χ4n) is 1.25. The Balaban J connectivity index is 3.01. The molecule has 1 aromatic rings. The van der Waals surface area contributed by atoms with Crippen LogP contribution in [0.2, 0.25) is 0 Å². The zero-order valence-corrected chi connectivity index (χ0v) is 10.4. The van der Waals surface area contributed by atoms with Gasteiger partial charge in [-0.05, 0) is 30.5 Å². The van der Waals surface area contributed by atoms with E-state index in [-0.39, 0.29) is 10.3 Å². The molecule has 1 atom stereocenters. The number of halogens is 2. The SMILES string of the molecule is CCC(Cl)Cc1ccc(S(N)(=O)=O)cc1F. The molecule has 0 saturated carbocycles. The molecule has 3 nitrogen and oxygen atoms in total. The van der Waals surface area contributed by atoms with E-state index in [1.165, 1.54) is 12.1 Å². The smallest absolute Gasteiger partial charge is 0.225 e. The van der Waals surface area contributed by atoms with Crippen molar-refractivity contribution in [3.05, 3.63) is 29.6 Å². The van der Waals surface area contributed by atoms with Crippen molar-refractivity contribution in [1.29, 1.82) is 0 Å². The molecule has 1 unspecified atom stereocenters. The maximum Gasteiger partial charge on any atom is 0.238 e. The van der Waals surface area contributed by atoms with Gasteiger partial charge in [-0.25, -0.2) is 17.9 Å². The summed E-state index contributed by atoms with van der Waals surface area (Å²) in [7, 11) is -3.85. The second-order valence-corrected chi connectivity index (χ2v) is 5.69. The van der Waals surface area contributed by atoms with Crippen LogP contribution in [0.15, 0.2) is 23.1 Å². The molecule has 2 N–H and O–H groups in total. The van der Waals surface area contributed by atoms with Gasteiger partial charge in [0.15, 0.2) is 0 Å². The van der Waals surface area contributed by atoms with E-state index in [1.54, 1.807) is 0 Å². The molecule has 1 aromatic carbocycles. The van der Waals surface area contributed by atoms with Crippen molar-refractivity contribution in [1.82, 2.24) is 0 Å². The van der Waals surface area contributed by atoms with Crippen LogP contribution in [0, 0.1) is 5.82 Å². The first-order valence-corrected chi connectivity index (χ1v) is 6.78. The van der Waals surface area contributed by atoms with E-state index in [2.05, 4.69) is 0 Å². The second-order valence-electron chi connectivity index (χ2n) is 3.51. The topological polar surface area (TPSA) is 60.2 Å². The van der Waals surface area contributed by atoms with Crippen molar-refractivity contribution in [2.24, 2.45) is 5.14 Å². The van der Waals surface area contributed by atoms with Crippen LogP contribution in [-0.2, 0) is 16.4 Å². The summed E-state index contributed by atoms with van der Waals surface area (Å²) in [5, 5.41) is 4.73. The van der Waals surface area contributed by atoms with Gasteiger partial charge in [0.05, 0.1) is 4.90 Å². The van der Waals surface area contributed by atoms with Crippen molar-refractivity contribution in [2.75, 3.05) is 0 Å². The van der Waals surface area contributed by atoms with E-state index >= 15 is 0 Å². The first-order chi connectivity index (χ1) is 7.34. The van der Waals surface area contributed by atoms with Crippen LogP contribution >= 0.6 is 11.6 Å². The Bertz CT molecular complexity index is 476. The van der Waals surface area contributed by atoms with Gasteiger partial charge < -0.3 is 0 Å². The lowest BCUT2D eigenvalue weighted by Crippen LogP contribution is -2.13. The molecular weight excluding hydrogens is 253 g/mol. The molecule has 0 aromatic heterocycles. The molecule has 0 fully saturated rings. The predicted octanol–water partition coefficient (Wildman–Crippen LogP) is 2.03. The summed E-state index contributed by atoms with van der Waals surface area (Å²) in [5.74, 6) is -0.592. The molecule has 1 rings (SSSR count). The van der Waals surface area contributed by atoms with Gasteiger partial charge in [-0.3, -0.25) is 0 Å². The molecule has 0 amide bonds. The lowest BCUT2D eigenvalue weighted by atomic mass is 10.1. The highest BCUT2D eigenvalue weighted by molar-refractivity contribution is 7.89. The van der Waals surface area contributed by atoms with Crippen LogP contribution in [0.3, 0.4) is 0 Å². The first kappa shape index (κ1) is 13.4. The number of hydrogen-bond donors (Lipinski definition) is 1. The molecule has 0 heterocycles. The molecule has 90 valence electrons. The van der Waals surface area contributed by atoms with Gasteiger partial charge in [0.1, 0.15) is 5.82 Å². The number of rotatable bonds is 4. The van der Waals surface area contributed by atoms with Gasteiger partial charge >= 0.3 is 0 Å². The van der Waals surface area contributed by atoms with Crippen LogP contribution < -0.4 is 5.14 Å². The van der Waals surface area contributed by atoms with E-state index in [1.807, 2.05) is 6.92 Å². The van der Waals surface area contributed by atoms with Gasteiger partial charge in [0, 0.05) is 5.38 Å². The van der Waals surface area contributed by atoms with E-state index in [0.29, 0.717) is 12.0 Å². The van der Waals surface area contributed by atoms with Gasteiger partial charge in [-0.1, -0.05) is 13.0 Å². The number of hydrogen-bond acceptors (Lipinski definition) is 2. The lowest BCUT2D eigenvalue weighted by Gasteiger charge is -2.08. The lowest BCUT2D eigenvalue weighted by molar-refractivity contribution is 0.585. The Morgan fingerprint density at radius 1 is 1.50 bits per heavy atom. The quantitative estimate of drug-likeness (QED) is 0.847. The van der Waals surface area contributed by atoms with Crippen LogP contribution in [-0.4, -0.2) is 13.8 Å². The number of primary sulfonamides is 1. The standard InChI is InChI=1S/C10H13ClFNO2S/c1-2-8(11)5-7-3-4-9(6-10(7)12)16(13,14)15/h3-4,6,8H,2,5H2,1H3,(H2,13,14,15). The normalized spacial score (nSPS) is 13.8. The van der Waals surface area contributed by atoms with Crippen molar-refractivity contribution in [2.45, 2.75) is 30.0 Å². The maximum atomic E-state index is 13.5. The van der Waals surface area contributed by atoms with Gasteiger partial charge in [0.2, 0.25) is 10.0 Å². The zero-order valence-electron chi connectivity index (χ0n) is 8.78. The highest BCUT2D eigenvalue weighted by atomic mass is 35.5. The minimum Gasteiger partial charge on any atom is -0.225 e. The largest absolute Gasteiger partial charge is 0.238 e. The summed E-state index contributed by atoms with van der Waals surface area (Å²) in [6, 6.07) is 3.61. The third kappa shape index (κ3) is 3.43. The summed E-state index contributed by atoms with van der Waals surface area (Å²) in [6.45, 7) is 1.90. The molecule has 0 aliphatic heterocycles. The van der Waals surface area contributed by atoms with Gasteiger partial charge in [-0.2, -0.15) is 0 Å². The maximum absolute atomic E-state index is 13.5. The fourth-order valence-corrected chi connectivity index (χ4v) is 1.95. The Morgan fingerprint density at radius 3 is 2.56 bits per heavy atom. The third-order valence-electron chi connectivity index (χ3n) is 2.24. The molecule has 0 bridgehead atoms. The molecule has 6 heteroatoms. The highest BCUT2D eigenvalue weighted by Gasteiger charge is 2.13. The Morgan fingerprint density at radius 2 is 2.12 bits per heavy atom. The van der Waals surface area contributed by atoms with Crippen molar-refractivity contribution in [3.63, 3.8) is 0 Å². The van der Waals surface area contributed by atoms with Gasteiger partial charge in [-0.15, -0.1) is 11.6 Å². The van der Waals surface area contributed by atoms with Crippen molar-refractivity contribution >= 4 is 21.6 Å². The summed E-state index contributed by atoms with van der Waals surface area (Å²) in [4.78, 5) is -0.226. The molecule has 16 heavy (non-hydrogen) atoms. The second kappa shape index (κ2) is 5.12. The van der Waals surface area contributed by atoms with Crippen LogP contribution in [0.4, 0.5) is 4.39 Å². The van der Waals surface area contributed by atoms with Crippen molar-refractivity contribution < 1.29 is 12.8 Å². The molecular formula is C10H13ClFNO2S. The number of alkyl halides is 1. The predicted molar refractivity (Wildman–Crippen MR) is 61.4 cm³/mol. The Labute approximate surface area is 99.5 Å². The summed E-state index contributed by atoms with van der Waals surface area (Å²) < 4.78 is 35.4. The monoisotopic (exact) mass is 265 g/mol. The average Bonchev–Trinajstić information content (AvgIpc) is 2.19. The average molecular weight is 266 g/mol. The van der Waals surface area contributed by atoms with Crippen LogP contribution in [0.1, 0.15) is 18.9 Å². The highest BCUT2D eigenvalue weighted by Crippen LogP contribution is 2.17. The molecule has 0 spiro atoms. The fraction of sp³-hybridized carbons (Fsp3) is 0.400. The number of nitrogens with two attached hydrogens (primary N) is 1. The third-order valence-corrected chi connectivity index (χ3v) is 3.61. The Hall–Kier alpha value is -0.650. The Kier molecular flexibility index (Phi) is 4.29. The summed E-state index contributed by atoms with van der Waals surface area (Å²) >= 11 is 5.89. The first-order valence-electron chi connectivity index (χ1n) is 4.80. The van der Waals surface area contributed by atoms with E-state index in [4.69, 9.17) is 16.7 Å². The van der Waals surface area contributed by atoms with E-state index in [0.717, 1.165) is 12.5 Å². The molecule has 0 saturated heterocycles. The van der Waals surface area contributed by atoms with Crippen LogP contribution in [0.5, 0.6) is 0 Å². The van der Waals surface area contributed by atoms with Crippen molar-refractivity contribution in [3.8, 4) is 0 Å². The van der Waals surface area contributed by atoms with E-state index < -0.39 is 15.8 Å². The van der Waals surface area contributed by atoms with E-state index in [9.17, 15) is 12.8 Å².